The van der Waals surface area contributed by atoms with Gasteiger partial charge in [-0.3, -0.25) is 9.63 Å². The number of carbonyl (C=O) groups excluding carboxylic acids is 1. The Morgan fingerprint density at radius 3 is 2.60 bits per heavy atom. The van der Waals surface area contributed by atoms with Gasteiger partial charge in [0.15, 0.2) is 0 Å². The molecular formula is C11H15NO3. The molecule has 1 rings (SSSR count). The fourth-order valence-electron chi connectivity index (χ4n) is 0.906. The van der Waals surface area contributed by atoms with E-state index in [1.54, 1.807) is 12.1 Å². The molecular weight excluding hydrogens is 194 g/mol. The van der Waals surface area contributed by atoms with E-state index >= 15 is 0 Å². The van der Waals surface area contributed by atoms with Crippen molar-refractivity contribution in [3.8, 4) is 5.75 Å². The summed E-state index contributed by atoms with van der Waals surface area (Å²) in [4.78, 5) is 16.6. The van der Waals surface area contributed by atoms with Crippen molar-refractivity contribution < 1.29 is 14.7 Å². The lowest BCUT2D eigenvalue weighted by Gasteiger charge is -2.18. The van der Waals surface area contributed by atoms with Crippen molar-refractivity contribution in [1.82, 2.24) is 5.48 Å². The first kappa shape index (κ1) is 11.5. The summed E-state index contributed by atoms with van der Waals surface area (Å²) in [5.41, 5.74) is 2.24. The van der Waals surface area contributed by atoms with E-state index in [0.29, 0.717) is 5.56 Å². The Morgan fingerprint density at radius 2 is 2.07 bits per heavy atom. The fourth-order valence-corrected chi connectivity index (χ4v) is 0.906. The maximum absolute atomic E-state index is 11.5. The Hall–Kier alpha value is -1.55. The number of phenolic OH excluding ortho intramolecular Hbond substituents is 1. The van der Waals surface area contributed by atoms with Crippen molar-refractivity contribution >= 4 is 5.91 Å². The van der Waals surface area contributed by atoms with E-state index in [1.165, 1.54) is 12.1 Å². The maximum atomic E-state index is 11.5. The summed E-state index contributed by atoms with van der Waals surface area (Å²) in [6, 6.07) is 6.07. The molecule has 0 bridgehead atoms. The zero-order valence-corrected chi connectivity index (χ0v) is 9.07. The van der Waals surface area contributed by atoms with Crippen molar-refractivity contribution in [3.63, 3.8) is 0 Å². The van der Waals surface area contributed by atoms with Crippen LogP contribution in [0.25, 0.3) is 0 Å². The second kappa shape index (κ2) is 4.31. The van der Waals surface area contributed by atoms with Crippen LogP contribution in [0.15, 0.2) is 24.3 Å². The molecule has 0 aliphatic heterocycles. The van der Waals surface area contributed by atoms with E-state index in [4.69, 9.17) is 9.94 Å². The van der Waals surface area contributed by atoms with Gasteiger partial charge in [0.25, 0.3) is 5.91 Å². The molecule has 4 heteroatoms. The third kappa shape index (κ3) is 3.99. The van der Waals surface area contributed by atoms with Gasteiger partial charge in [-0.05, 0) is 39.0 Å². The number of phenols is 1. The molecule has 0 aromatic heterocycles. The van der Waals surface area contributed by atoms with Gasteiger partial charge >= 0.3 is 0 Å². The molecule has 4 nitrogen and oxygen atoms in total. The van der Waals surface area contributed by atoms with Crippen molar-refractivity contribution in [2.75, 3.05) is 0 Å². The first-order chi connectivity index (χ1) is 6.88. The Balaban J connectivity index is 2.62. The van der Waals surface area contributed by atoms with Crippen LogP contribution in [0.1, 0.15) is 31.1 Å². The second-order valence-electron chi connectivity index (χ2n) is 4.20. The molecule has 82 valence electrons. The molecule has 0 saturated carbocycles. The topological polar surface area (TPSA) is 58.6 Å². The molecule has 1 aromatic carbocycles. The molecule has 15 heavy (non-hydrogen) atoms. The minimum Gasteiger partial charge on any atom is -0.508 e. The molecule has 1 aromatic rings. The number of amides is 1. The number of hydroxylamine groups is 1. The summed E-state index contributed by atoms with van der Waals surface area (Å²) in [5, 5.41) is 9.17. The van der Waals surface area contributed by atoms with Crippen LogP contribution in [0.5, 0.6) is 5.75 Å². The van der Waals surface area contributed by atoms with E-state index in [2.05, 4.69) is 5.48 Å². The highest BCUT2D eigenvalue weighted by atomic mass is 16.7. The normalized spacial score (nSPS) is 11.1. The number of benzene rings is 1. The fraction of sp³-hybridized carbons (Fsp3) is 0.364. The van der Waals surface area contributed by atoms with Gasteiger partial charge in [-0.1, -0.05) is 6.07 Å². The highest BCUT2D eigenvalue weighted by Gasteiger charge is 2.13. The lowest BCUT2D eigenvalue weighted by atomic mass is 10.2. The predicted octanol–water partition coefficient (Wildman–Crippen LogP) is 1.85. The summed E-state index contributed by atoms with van der Waals surface area (Å²) >= 11 is 0. The molecule has 0 unspecified atom stereocenters. The van der Waals surface area contributed by atoms with Gasteiger partial charge in [0, 0.05) is 5.56 Å². The molecule has 0 heterocycles. The average Bonchev–Trinajstić information content (AvgIpc) is 2.13. The molecule has 1 amide bonds. The van der Waals surface area contributed by atoms with Gasteiger partial charge in [-0.25, -0.2) is 5.48 Å². The van der Waals surface area contributed by atoms with Crippen LogP contribution in [0.4, 0.5) is 0 Å². The first-order valence-electron chi connectivity index (χ1n) is 4.66. The van der Waals surface area contributed by atoms with Gasteiger partial charge in [0.2, 0.25) is 0 Å². The van der Waals surface area contributed by atoms with Crippen molar-refractivity contribution in [3.05, 3.63) is 29.8 Å². The molecule has 0 aliphatic carbocycles. The van der Waals surface area contributed by atoms with Crippen molar-refractivity contribution in [1.29, 1.82) is 0 Å². The van der Waals surface area contributed by atoms with Crippen LogP contribution in [-0.4, -0.2) is 16.6 Å². The molecule has 0 fully saturated rings. The summed E-state index contributed by atoms with van der Waals surface area (Å²) in [6.07, 6.45) is 0. The Bertz CT molecular complexity index is 355. The average molecular weight is 209 g/mol. The Morgan fingerprint density at radius 1 is 1.40 bits per heavy atom. The summed E-state index contributed by atoms with van der Waals surface area (Å²) < 4.78 is 0. The monoisotopic (exact) mass is 209 g/mol. The lowest BCUT2D eigenvalue weighted by molar-refractivity contribution is -0.0589. The number of hydrogen-bond donors (Lipinski definition) is 2. The minimum atomic E-state index is -0.438. The largest absolute Gasteiger partial charge is 0.508 e. The van der Waals surface area contributed by atoms with E-state index in [9.17, 15) is 4.79 Å². The van der Waals surface area contributed by atoms with E-state index in [-0.39, 0.29) is 11.7 Å². The van der Waals surface area contributed by atoms with E-state index in [0.717, 1.165) is 0 Å². The van der Waals surface area contributed by atoms with E-state index in [1.807, 2.05) is 20.8 Å². The van der Waals surface area contributed by atoms with Gasteiger partial charge in [-0.2, -0.15) is 0 Å². The van der Waals surface area contributed by atoms with Gasteiger partial charge in [0.05, 0.1) is 5.60 Å². The maximum Gasteiger partial charge on any atom is 0.274 e. The Labute approximate surface area is 88.8 Å². The molecule has 0 saturated heterocycles. The third-order valence-corrected chi connectivity index (χ3v) is 1.56. The number of aromatic hydroxyl groups is 1. The lowest BCUT2D eigenvalue weighted by Crippen LogP contribution is -2.33. The smallest absolute Gasteiger partial charge is 0.274 e. The Kier molecular flexibility index (Phi) is 3.31. The summed E-state index contributed by atoms with van der Waals surface area (Å²) in [7, 11) is 0. The minimum absolute atomic E-state index is 0.0541. The van der Waals surface area contributed by atoms with E-state index < -0.39 is 5.60 Å². The molecule has 0 radical (unpaired) electrons. The number of nitrogens with one attached hydrogen (secondary N) is 1. The number of rotatable bonds is 2. The number of carbonyl (C=O) groups is 1. The van der Waals surface area contributed by atoms with Gasteiger partial charge in [-0.15, -0.1) is 0 Å². The summed E-state index contributed by atoms with van der Waals surface area (Å²) in [6.45, 7) is 5.49. The van der Waals surface area contributed by atoms with Crippen molar-refractivity contribution in [2.24, 2.45) is 0 Å². The van der Waals surface area contributed by atoms with Crippen LogP contribution in [0.3, 0.4) is 0 Å². The van der Waals surface area contributed by atoms with Crippen LogP contribution in [0, 0.1) is 0 Å². The quantitative estimate of drug-likeness (QED) is 0.731. The zero-order valence-electron chi connectivity index (χ0n) is 9.07. The zero-order chi connectivity index (χ0) is 11.5. The highest BCUT2D eigenvalue weighted by Crippen LogP contribution is 2.11. The number of hydrogen-bond acceptors (Lipinski definition) is 3. The summed E-state index contributed by atoms with van der Waals surface area (Å²) in [5.74, 6) is -0.320. The molecule has 0 atom stereocenters. The SMILES string of the molecule is CC(C)(C)ONC(=O)c1cccc(O)c1. The van der Waals surface area contributed by atoms with Gasteiger partial charge in [0.1, 0.15) is 5.75 Å². The van der Waals surface area contributed by atoms with Crippen LogP contribution >= 0.6 is 0 Å². The molecule has 0 aliphatic rings. The molecule has 2 N–H and O–H groups in total. The predicted molar refractivity (Wildman–Crippen MR) is 56.4 cm³/mol. The first-order valence-corrected chi connectivity index (χ1v) is 4.66. The van der Waals surface area contributed by atoms with Crippen LogP contribution in [0.2, 0.25) is 0 Å². The van der Waals surface area contributed by atoms with Crippen molar-refractivity contribution in [2.45, 2.75) is 26.4 Å². The molecule has 0 spiro atoms. The van der Waals surface area contributed by atoms with Crippen LogP contribution in [-0.2, 0) is 4.84 Å². The second-order valence-corrected chi connectivity index (χ2v) is 4.20. The third-order valence-electron chi connectivity index (χ3n) is 1.56. The van der Waals surface area contributed by atoms with Crippen LogP contribution < -0.4 is 5.48 Å². The highest BCUT2D eigenvalue weighted by molar-refractivity contribution is 5.93. The standard InChI is InChI=1S/C11H15NO3/c1-11(2,3)15-12-10(14)8-5-4-6-9(13)7-8/h4-7,13H,1-3H3,(H,12,14). The van der Waals surface area contributed by atoms with Gasteiger partial charge < -0.3 is 5.11 Å².